The van der Waals surface area contributed by atoms with Crippen LogP contribution in [0.15, 0.2) is 30.3 Å². The van der Waals surface area contributed by atoms with Crippen LogP contribution >= 0.6 is 0 Å². The summed E-state index contributed by atoms with van der Waals surface area (Å²) >= 11 is 0. The van der Waals surface area contributed by atoms with Crippen molar-refractivity contribution in [3.05, 3.63) is 47.0 Å². The molecule has 18 heavy (non-hydrogen) atoms. The van der Waals surface area contributed by atoms with E-state index in [1.54, 1.807) is 0 Å². The lowest BCUT2D eigenvalue weighted by Gasteiger charge is -2.12. The van der Waals surface area contributed by atoms with Gasteiger partial charge in [-0.25, -0.2) is 0 Å². The predicted molar refractivity (Wildman–Crippen MR) is 73.1 cm³/mol. The van der Waals surface area contributed by atoms with Crippen LogP contribution in [0.3, 0.4) is 0 Å². The number of aryl methyl sites for hydroxylation is 1. The standard InChI is InChI=1S/C17H16O/c1-10-9-15-16(12-6-3-2-5-11(10)12)13-7-4-8-14(13)17(15)18/h2-3,5-6,9,13-14H,4,7-8H2,1H3. The molecule has 1 heteroatoms. The number of rotatable bonds is 0. The van der Waals surface area contributed by atoms with Crippen LogP contribution < -0.4 is 0 Å². The molecule has 2 unspecified atom stereocenters. The van der Waals surface area contributed by atoms with Gasteiger partial charge in [0.2, 0.25) is 0 Å². The number of Topliss-reactive ketones (excluding diaryl/α,β-unsaturated/α-hetero) is 1. The summed E-state index contributed by atoms with van der Waals surface area (Å²) in [5.74, 6) is 1.18. The summed E-state index contributed by atoms with van der Waals surface area (Å²) in [6, 6.07) is 10.7. The van der Waals surface area contributed by atoms with Crippen LogP contribution in [0.2, 0.25) is 0 Å². The van der Waals surface area contributed by atoms with E-state index in [9.17, 15) is 4.79 Å². The van der Waals surface area contributed by atoms with E-state index in [0.717, 1.165) is 12.0 Å². The Bertz CT molecular complexity index is 669. The number of hydrogen-bond donors (Lipinski definition) is 0. The van der Waals surface area contributed by atoms with E-state index in [-0.39, 0.29) is 5.92 Å². The highest BCUT2D eigenvalue weighted by Gasteiger charge is 2.43. The van der Waals surface area contributed by atoms with Crippen LogP contribution in [0.5, 0.6) is 0 Å². The first-order chi connectivity index (χ1) is 8.77. The maximum Gasteiger partial charge on any atom is 0.166 e. The molecule has 1 saturated carbocycles. The van der Waals surface area contributed by atoms with Crippen molar-refractivity contribution in [2.45, 2.75) is 32.1 Å². The maximum atomic E-state index is 12.5. The second-order valence-electron chi connectivity index (χ2n) is 5.71. The molecular weight excluding hydrogens is 220 g/mol. The van der Waals surface area contributed by atoms with Crippen molar-refractivity contribution in [3.8, 4) is 0 Å². The first-order valence-electron chi connectivity index (χ1n) is 6.84. The molecule has 2 aliphatic rings. The summed E-state index contributed by atoms with van der Waals surface area (Å²) in [6.07, 6.45) is 3.49. The van der Waals surface area contributed by atoms with Crippen molar-refractivity contribution >= 4 is 16.6 Å². The number of fused-ring (bicyclic) bond motifs is 5. The number of benzene rings is 2. The van der Waals surface area contributed by atoms with Gasteiger partial charge in [0, 0.05) is 11.5 Å². The molecule has 0 saturated heterocycles. The molecule has 0 N–H and O–H groups in total. The molecule has 0 heterocycles. The zero-order valence-corrected chi connectivity index (χ0v) is 10.6. The molecule has 1 fully saturated rings. The summed E-state index contributed by atoms with van der Waals surface area (Å²) in [4.78, 5) is 12.5. The van der Waals surface area contributed by atoms with E-state index in [2.05, 4.69) is 37.3 Å². The molecule has 2 aromatic rings. The third-order valence-electron chi connectivity index (χ3n) is 4.78. The van der Waals surface area contributed by atoms with Crippen molar-refractivity contribution in [3.63, 3.8) is 0 Å². The lowest BCUT2D eigenvalue weighted by molar-refractivity contribution is 0.0932. The Morgan fingerprint density at radius 2 is 1.78 bits per heavy atom. The van der Waals surface area contributed by atoms with Crippen LogP contribution in [0.1, 0.15) is 46.7 Å². The molecule has 0 radical (unpaired) electrons. The summed E-state index contributed by atoms with van der Waals surface area (Å²) in [5, 5.41) is 2.63. The molecule has 2 aliphatic carbocycles. The fourth-order valence-electron chi connectivity index (χ4n) is 4.00. The van der Waals surface area contributed by atoms with Crippen molar-refractivity contribution in [2.75, 3.05) is 0 Å². The van der Waals surface area contributed by atoms with E-state index in [0.29, 0.717) is 11.7 Å². The molecule has 1 nitrogen and oxygen atoms in total. The fourth-order valence-corrected chi connectivity index (χ4v) is 4.00. The summed E-state index contributed by atoms with van der Waals surface area (Å²) < 4.78 is 0. The average molecular weight is 236 g/mol. The summed E-state index contributed by atoms with van der Waals surface area (Å²) in [6.45, 7) is 2.12. The van der Waals surface area contributed by atoms with Crippen LogP contribution in [0, 0.1) is 12.8 Å². The Labute approximate surface area is 107 Å². The minimum Gasteiger partial charge on any atom is -0.294 e. The largest absolute Gasteiger partial charge is 0.294 e. The molecule has 0 spiro atoms. The fraction of sp³-hybridized carbons (Fsp3) is 0.353. The molecule has 4 rings (SSSR count). The molecular formula is C17H16O. The zero-order chi connectivity index (χ0) is 12.3. The lowest BCUT2D eigenvalue weighted by Crippen LogP contribution is -2.06. The Hall–Kier alpha value is -1.63. The molecule has 2 aromatic carbocycles. The monoisotopic (exact) mass is 236 g/mol. The highest BCUT2D eigenvalue weighted by atomic mass is 16.1. The third-order valence-corrected chi connectivity index (χ3v) is 4.78. The first kappa shape index (κ1) is 10.3. The van der Waals surface area contributed by atoms with Gasteiger partial charge >= 0.3 is 0 Å². The van der Waals surface area contributed by atoms with Crippen LogP contribution in [0.25, 0.3) is 10.8 Å². The van der Waals surface area contributed by atoms with E-state index in [1.807, 2.05) is 0 Å². The van der Waals surface area contributed by atoms with Crippen LogP contribution in [-0.2, 0) is 0 Å². The SMILES string of the molecule is Cc1cc2c(c3ccccc13)C1CCCC1C2=O. The zero-order valence-electron chi connectivity index (χ0n) is 10.6. The van der Waals surface area contributed by atoms with Crippen molar-refractivity contribution in [1.82, 2.24) is 0 Å². The van der Waals surface area contributed by atoms with Crippen molar-refractivity contribution < 1.29 is 4.79 Å². The molecule has 0 aromatic heterocycles. The van der Waals surface area contributed by atoms with Gasteiger partial charge in [-0.3, -0.25) is 4.79 Å². The van der Waals surface area contributed by atoms with Gasteiger partial charge in [-0.1, -0.05) is 30.7 Å². The Kier molecular flexibility index (Phi) is 1.97. The number of hydrogen-bond acceptors (Lipinski definition) is 1. The second-order valence-corrected chi connectivity index (χ2v) is 5.71. The highest BCUT2D eigenvalue weighted by molar-refractivity contribution is 6.09. The van der Waals surface area contributed by atoms with Crippen molar-refractivity contribution in [1.29, 1.82) is 0 Å². The van der Waals surface area contributed by atoms with Crippen molar-refractivity contribution in [2.24, 2.45) is 5.92 Å². The first-order valence-corrected chi connectivity index (χ1v) is 6.84. The predicted octanol–water partition coefficient (Wildman–Crippen LogP) is 4.23. The summed E-state index contributed by atoms with van der Waals surface area (Å²) in [5.41, 5.74) is 3.60. The number of carbonyl (C=O) groups is 1. The van der Waals surface area contributed by atoms with Crippen LogP contribution in [0.4, 0.5) is 0 Å². The summed E-state index contributed by atoms with van der Waals surface area (Å²) in [7, 11) is 0. The molecule has 0 amide bonds. The Balaban J connectivity index is 2.12. The van der Waals surface area contributed by atoms with Gasteiger partial charge in [-0.15, -0.1) is 0 Å². The highest BCUT2D eigenvalue weighted by Crippen LogP contribution is 2.50. The number of carbonyl (C=O) groups excluding carboxylic acids is 1. The Morgan fingerprint density at radius 3 is 2.61 bits per heavy atom. The molecule has 0 aliphatic heterocycles. The molecule has 0 bridgehead atoms. The smallest absolute Gasteiger partial charge is 0.166 e. The van der Waals surface area contributed by atoms with E-state index >= 15 is 0 Å². The van der Waals surface area contributed by atoms with Gasteiger partial charge in [0.1, 0.15) is 0 Å². The normalized spacial score (nSPS) is 25.5. The Morgan fingerprint density at radius 1 is 1.06 bits per heavy atom. The van der Waals surface area contributed by atoms with Gasteiger partial charge in [0.15, 0.2) is 5.78 Å². The molecule has 2 atom stereocenters. The third kappa shape index (κ3) is 1.14. The maximum absolute atomic E-state index is 12.5. The quantitative estimate of drug-likeness (QED) is 0.669. The van der Waals surface area contributed by atoms with Gasteiger partial charge in [-0.2, -0.15) is 0 Å². The lowest BCUT2D eigenvalue weighted by atomic mass is 9.90. The van der Waals surface area contributed by atoms with Gasteiger partial charge < -0.3 is 0 Å². The average Bonchev–Trinajstić information content (AvgIpc) is 2.94. The molecule has 90 valence electrons. The topological polar surface area (TPSA) is 17.1 Å². The van der Waals surface area contributed by atoms with Crippen LogP contribution in [-0.4, -0.2) is 5.78 Å². The van der Waals surface area contributed by atoms with E-state index in [1.165, 1.54) is 34.7 Å². The van der Waals surface area contributed by atoms with Gasteiger partial charge in [0.25, 0.3) is 0 Å². The van der Waals surface area contributed by atoms with E-state index in [4.69, 9.17) is 0 Å². The number of ketones is 1. The minimum absolute atomic E-state index is 0.283. The van der Waals surface area contributed by atoms with Gasteiger partial charge in [0.05, 0.1) is 0 Å². The van der Waals surface area contributed by atoms with Gasteiger partial charge in [-0.05, 0) is 53.6 Å². The second kappa shape index (κ2) is 3.44. The van der Waals surface area contributed by atoms with E-state index < -0.39 is 0 Å². The minimum atomic E-state index is 0.283.